The van der Waals surface area contributed by atoms with E-state index in [0.717, 1.165) is 5.56 Å². The fraction of sp³-hybridized carbons (Fsp3) is 0.111. The highest BCUT2D eigenvalue weighted by Crippen LogP contribution is 2.02. The van der Waals surface area contributed by atoms with E-state index in [1.165, 1.54) is 17.1 Å². The molecule has 76 valence electrons. The van der Waals surface area contributed by atoms with E-state index in [-0.39, 0.29) is 0 Å². The summed E-state index contributed by atoms with van der Waals surface area (Å²) in [7, 11) is -1.50. The van der Waals surface area contributed by atoms with Crippen LogP contribution in [0, 0.1) is 6.92 Å². The molecular weight excluding hydrogens is 193 g/mol. The van der Waals surface area contributed by atoms with Crippen LogP contribution in [0.2, 0.25) is 0 Å². The molecule has 5 nitrogen and oxygen atoms in total. The Morgan fingerprint density at radius 2 is 2.07 bits per heavy atom. The van der Waals surface area contributed by atoms with Crippen molar-refractivity contribution in [2.45, 2.75) is 6.92 Å². The van der Waals surface area contributed by atoms with Crippen LogP contribution in [0.25, 0.3) is 5.82 Å². The molecule has 2 aromatic rings. The Balaban J connectivity index is 2.33. The molecule has 2 heterocycles. The van der Waals surface area contributed by atoms with E-state index < -0.39 is 7.12 Å². The van der Waals surface area contributed by atoms with Crippen LogP contribution in [0.15, 0.2) is 30.7 Å². The maximum absolute atomic E-state index is 8.91. The fourth-order valence-corrected chi connectivity index (χ4v) is 1.19. The molecule has 0 bridgehead atoms. The summed E-state index contributed by atoms with van der Waals surface area (Å²) in [6.45, 7) is 1.95. The summed E-state index contributed by atoms with van der Waals surface area (Å²) in [5.41, 5.74) is 1.41. The van der Waals surface area contributed by atoms with Crippen molar-refractivity contribution in [1.82, 2.24) is 14.8 Å². The minimum atomic E-state index is -1.50. The number of rotatable bonds is 2. The van der Waals surface area contributed by atoms with Crippen LogP contribution in [0.4, 0.5) is 0 Å². The number of aromatic nitrogens is 3. The molecule has 0 atom stereocenters. The highest BCUT2D eigenvalue weighted by Gasteiger charge is 2.13. The number of hydrogen-bond acceptors (Lipinski definition) is 4. The van der Waals surface area contributed by atoms with E-state index in [0.29, 0.717) is 11.3 Å². The molecule has 0 aliphatic carbocycles. The Hall–Kier alpha value is -1.66. The molecule has 6 heteroatoms. The fourth-order valence-electron chi connectivity index (χ4n) is 1.19. The van der Waals surface area contributed by atoms with Crippen LogP contribution >= 0.6 is 0 Å². The van der Waals surface area contributed by atoms with E-state index in [1.54, 1.807) is 6.20 Å². The zero-order chi connectivity index (χ0) is 10.8. The van der Waals surface area contributed by atoms with E-state index in [9.17, 15) is 0 Å². The SMILES string of the molecule is Cc1ccc(-n2cc(B(O)O)cn2)nc1. The third-order valence-electron chi connectivity index (χ3n) is 2.03. The quantitative estimate of drug-likeness (QED) is 0.630. The van der Waals surface area contributed by atoms with Gasteiger partial charge in [0.1, 0.15) is 0 Å². The van der Waals surface area contributed by atoms with Gasteiger partial charge in [-0.1, -0.05) is 6.07 Å². The van der Waals surface area contributed by atoms with Crippen LogP contribution in [0.3, 0.4) is 0 Å². The van der Waals surface area contributed by atoms with Crippen molar-refractivity contribution < 1.29 is 10.0 Å². The summed E-state index contributed by atoms with van der Waals surface area (Å²) in [6.07, 6.45) is 4.65. The Morgan fingerprint density at radius 1 is 1.27 bits per heavy atom. The second kappa shape index (κ2) is 3.84. The van der Waals surface area contributed by atoms with Crippen molar-refractivity contribution in [2.75, 3.05) is 0 Å². The predicted octanol–water partition coefficient (Wildman–Crippen LogP) is -0.744. The molecule has 0 saturated heterocycles. The molecule has 2 rings (SSSR count). The zero-order valence-electron chi connectivity index (χ0n) is 8.20. The lowest BCUT2D eigenvalue weighted by Crippen LogP contribution is -2.28. The standard InChI is InChI=1S/C9H10BN3O2/c1-7-2-3-9(11-4-7)13-6-8(5-12-13)10(14)15/h2-6,14-15H,1H3. The monoisotopic (exact) mass is 203 g/mol. The average Bonchev–Trinajstić information content (AvgIpc) is 2.68. The summed E-state index contributed by atoms with van der Waals surface area (Å²) in [5, 5.41) is 21.8. The van der Waals surface area contributed by atoms with E-state index in [1.807, 2.05) is 19.1 Å². The molecule has 0 radical (unpaired) electrons. The smallest absolute Gasteiger partial charge is 0.423 e. The van der Waals surface area contributed by atoms with Crippen molar-refractivity contribution in [3.8, 4) is 5.82 Å². The van der Waals surface area contributed by atoms with Gasteiger partial charge < -0.3 is 10.0 Å². The summed E-state index contributed by atoms with van der Waals surface area (Å²) < 4.78 is 1.49. The van der Waals surface area contributed by atoms with Crippen molar-refractivity contribution in [3.63, 3.8) is 0 Å². The Bertz CT molecular complexity index is 453. The van der Waals surface area contributed by atoms with Gasteiger partial charge in [-0.2, -0.15) is 5.10 Å². The van der Waals surface area contributed by atoms with Gasteiger partial charge in [0.05, 0.1) is 0 Å². The molecule has 15 heavy (non-hydrogen) atoms. The highest BCUT2D eigenvalue weighted by molar-refractivity contribution is 6.58. The molecule has 0 aliphatic rings. The number of pyridine rings is 1. The van der Waals surface area contributed by atoms with Crippen LogP contribution in [0.1, 0.15) is 5.56 Å². The minimum absolute atomic E-state index is 0.345. The van der Waals surface area contributed by atoms with Crippen molar-refractivity contribution >= 4 is 12.6 Å². The van der Waals surface area contributed by atoms with Crippen LogP contribution < -0.4 is 5.46 Å². The lowest BCUT2D eigenvalue weighted by atomic mass is 9.83. The molecule has 0 aliphatic heterocycles. The molecule has 0 amide bonds. The molecule has 0 fully saturated rings. The van der Waals surface area contributed by atoms with Crippen LogP contribution in [-0.4, -0.2) is 31.9 Å². The lowest BCUT2D eigenvalue weighted by Gasteiger charge is -1.99. The third-order valence-corrected chi connectivity index (χ3v) is 2.03. The molecule has 0 aromatic carbocycles. The maximum Gasteiger partial charge on any atom is 0.491 e. The number of hydrogen-bond donors (Lipinski definition) is 2. The highest BCUT2D eigenvalue weighted by atomic mass is 16.4. The molecule has 2 N–H and O–H groups in total. The van der Waals surface area contributed by atoms with Crippen LogP contribution in [0.5, 0.6) is 0 Å². The zero-order valence-corrected chi connectivity index (χ0v) is 8.20. The van der Waals surface area contributed by atoms with E-state index in [4.69, 9.17) is 10.0 Å². The average molecular weight is 203 g/mol. The number of aryl methyl sites for hydroxylation is 1. The van der Waals surface area contributed by atoms with Gasteiger partial charge in [0.15, 0.2) is 5.82 Å². The van der Waals surface area contributed by atoms with E-state index >= 15 is 0 Å². The molecule has 0 spiro atoms. The topological polar surface area (TPSA) is 71.2 Å². The molecule has 0 saturated carbocycles. The third kappa shape index (κ3) is 2.06. The minimum Gasteiger partial charge on any atom is -0.423 e. The van der Waals surface area contributed by atoms with E-state index in [2.05, 4.69) is 10.1 Å². The van der Waals surface area contributed by atoms with Crippen molar-refractivity contribution in [1.29, 1.82) is 0 Å². The first-order valence-electron chi connectivity index (χ1n) is 4.50. The summed E-state index contributed by atoms with van der Waals surface area (Å²) in [5.74, 6) is 0.646. The van der Waals surface area contributed by atoms with Crippen molar-refractivity contribution in [2.24, 2.45) is 0 Å². The van der Waals surface area contributed by atoms with Gasteiger partial charge in [0, 0.05) is 24.1 Å². The van der Waals surface area contributed by atoms with Gasteiger partial charge in [0.25, 0.3) is 0 Å². The van der Waals surface area contributed by atoms with Crippen LogP contribution in [-0.2, 0) is 0 Å². The van der Waals surface area contributed by atoms with Gasteiger partial charge in [-0.05, 0) is 18.6 Å². The second-order valence-corrected chi connectivity index (χ2v) is 3.29. The first-order chi connectivity index (χ1) is 7.16. The normalized spacial score (nSPS) is 10.3. The number of nitrogens with zero attached hydrogens (tertiary/aromatic N) is 3. The van der Waals surface area contributed by atoms with Gasteiger partial charge in [-0.3, -0.25) is 0 Å². The first-order valence-corrected chi connectivity index (χ1v) is 4.50. The molecular formula is C9H10BN3O2. The summed E-state index contributed by atoms with van der Waals surface area (Å²) in [6, 6.07) is 3.73. The largest absolute Gasteiger partial charge is 0.491 e. The summed E-state index contributed by atoms with van der Waals surface area (Å²) >= 11 is 0. The van der Waals surface area contributed by atoms with Gasteiger partial charge in [-0.15, -0.1) is 0 Å². The molecule has 2 aromatic heterocycles. The Kier molecular flexibility index (Phi) is 2.53. The summed E-state index contributed by atoms with van der Waals surface area (Å²) in [4.78, 5) is 4.16. The predicted molar refractivity (Wildman–Crippen MR) is 55.9 cm³/mol. The maximum atomic E-state index is 8.91. The van der Waals surface area contributed by atoms with Gasteiger partial charge >= 0.3 is 7.12 Å². The van der Waals surface area contributed by atoms with Crippen molar-refractivity contribution in [3.05, 3.63) is 36.3 Å². The second-order valence-electron chi connectivity index (χ2n) is 3.29. The lowest BCUT2D eigenvalue weighted by molar-refractivity contribution is 0.426. The Morgan fingerprint density at radius 3 is 2.60 bits per heavy atom. The Labute approximate surface area is 87.2 Å². The first kappa shape index (κ1) is 9.88. The van der Waals surface area contributed by atoms with Gasteiger partial charge in [0.2, 0.25) is 0 Å². The van der Waals surface area contributed by atoms with Gasteiger partial charge in [-0.25, -0.2) is 9.67 Å². The molecule has 0 unspecified atom stereocenters.